The number of methoxy groups -OCH3 is 1. The molecule has 0 aromatic carbocycles. The monoisotopic (exact) mass is 279 g/mol. The second-order valence-corrected chi connectivity index (χ2v) is 6.16. The molecule has 1 fully saturated rings. The predicted molar refractivity (Wildman–Crippen MR) is 74.3 cm³/mol. The number of carbonyl (C=O) groups is 1. The molecule has 0 bridgehead atoms. The van der Waals surface area contributed by atoms with Crippen molar-refractivity contribution in [2.24, 2.45) is 5.41 Å². The molecule has 1 aromatic heterocycles. The minimum absolute atomic E-state index is 0.0104. The maximum Gasteiger partial charge on any atom is 0.341 e. The van der Waals surface area contributed by atoms with E-state index in [-0.39, 0.29) is 16.8 Å². The minimum atomic E-state index is -1.12. The van der Waals surface area contributed by atoms with Gasteiger partial charge in [-0.15, -0.1) is 0 Å². The first-order chi connectivity index (χ1) is 9.30. The van der Waals surface area contributed by atoms with Crippen LogP contribution in [0.2, 0.25) is 0 Å². The van der Waals surface area contributed by atoms with E-state index in [2.05, 4.69) is 23.8 Å². The summed E-state index contributed by atoms with van der Waals surface area (Å²) in [7, 11) is 1.64. The zero-order valence-electron chi connectivity index (χ0n) is 12.1. The number of rotatable bonds is 3. The first-order valence-electron chi connectivity index (χ1n) is 6.71. The summed E-state index contributed by atoms with van der Waals surface area (Å²) in [5.41, 5.74) is 5.37. The Kier molecular flexibility index (Phi) is 3.69. The Morgan fingerprint density at radius 1 is 1.35 bits per heavy atom. The van der Waals surface area contributed by atoms with Gasteiger partial charge >= 0.3 is 5.97 Å². The van der Waals surface area contributed by atoms with Crippen LogP contribution < -0.4 is 5.73 Å². The van der Waals surface area contributed by atoms with Crippen molar-refractivity contribution in [3.63, 3.8) is 0 Å². The summed E-state index contributed by atoms with van der Waals surface area (Å²) in [6, 6.07) is 0. The maximum atomic E-state index is 11.0. The van der Waals surface area contributed by atoms with Crippen molar-refractivity contribution in [2.45, 2.75) is 45.1 Å². The van der Waals surface area contributed by atoms with Gasteiger partial charge in [-0.05, 0) is 31.1 Å². The van der Waals surface area contributed by atoms with E-state index in [1.54, 1.807) is 7.11 Å². The molecule has 1 saturated carbocycles. The van der Waals surface area contributed by atoms with Gasteiger partial charge in [-0.1, -0.05) is 13.8 Å². The molecule has 110 valence electrons. The first-order valence-corrected chi connectivity index (χ1v) is 6.71. The molecule has 6 nitrogen and oxygen atoms in total. The molecule has 2 rings (SSSR count). The van der Waals surface area contributed by atoms with Gasteiger partial charge in [0, 0.05) is 13.3 Å². The Balaban J connectivity index is 2.33. The molecule has 1 heterocycles. The lowest BCUT2D eigenvalue weighted by molar-refractivity contribution is -0.0728. The van der Waals surface area contributed by atoms with Gasteiger partial charge in [0.25, 0.3) is 0 Å². The molecule has 0 aliphatic heterocycles. The number of hydrogen-bond donors (Lipinski definition) is 2. The number of nitrogens with zero attached hydrogens (tertiary/aromatic N) is 2. The van der Waals surface area contributed by atoms with Crippen LogP contribution in [0, 0.1) is 5.41 Å². The van der Waals surface area contributed by atoms with Gasteiger partial charge in [0.15, 0.2) is 5.82 Å². The third-order valence-corrected chi connectivity index (χ3v) is 4.26. The molecule has 0 unspecified atom stereocenters. The summed E-state index contributed by atoms with van der Waals surface area (Å²) < 4.78 is 5.69. The highest BCUT2D eigenvalue weighted by atomic mass is 16.5. The summed E-state index contributed by atoms with van der Waals surface area (Å²) in [6.45, 7) is 4.46. The third-order valence-electron chi connectivity index (χ3n) is 4.26. The quantitative estimate of drug-likeness (QED) is 0.880. The zero-order chi connectivity index (χ0) is 15.0. The fraction of sp³-hybridized carbons (Fsp3) is 0.643. The lowest BCUT2D eigenvalue weighted by Crippen LogP contribution is -2.38. The number of nitrogen functional groups attached to an aromatic ring is 1. The Morgan fingerprint density at radius 2 is 1.95 bits per heavy atom. The Hall–Kier alpha value is -1.69. The van der Waals surface area contributed by atoms with Crippen LogP contribution in [-0.2, 0) is 10.3 Å². The number of nitrogens with two attached hydrogens (primary N) is 1. The Morgan fingerprint density at radius 3 is 2.40 bits per heavy atom. The Labute approximate surface area is 118 Å². The van der Waals surface area contributed by atoms with Crippen LogP contribution in [0.1, 0.15) is 55.7 Å². The lowest BCUT2D eigenvalue weighted by Gasteiger charge is -2.41. The van der Waals surface area contributed by atoms with Gasteiger partial charge in [0.2, 0.25) is 0 Å². The molecule has 1 aliphatic rings. The molecule has 6 heteroatoms. The van der Waals surface area contributed by atoms with E-state index in [4.69, 9.17) is 15.6 Å². The fourth-order valence-electron chi connectivity index (χ4n) is 2.63. The predicted octanol–water partition coefficient (Wildman–Crippen LogP) is 2.20. The van der Waals surface area contributed by atoms with Crippen molar-refractivity contribution in [1.29, 1.82) is 0 Å². The molecule has 1 aliphatic carbocycles. The van der Waals surface area contributed by atoms with Crippen molar-refractivity contribution in [1.82, 2.24) is 9.97 Å². The summed E-state index contributed by atoms with van der Waals surface area (Å²) in [4.78, 5) is 19.3. The van der Waals surface area contributed by atoms with E-state index < -0.39 is 11.6 Å². The number of anilines is 1. The summed E-state index contributed by atoms with van der Waals surface area (Å²) in [6.07, 6.45) is 4.89. The van der Waals surface area contributed by atoms with Crippen LogP contribution in [0.5, 0.6) is 0 Å². The molecule has 20 heavy (non-hydrogen) atoms. The van der Waals surface area contributed by atoms with Gasteiger partial charge in [-0.2, -0.15) is 0 Å². The van der Waals surface area contributed by atoms with Crippen molar-refractivity contribution in [2.75, 3.05) is 12.8 Å². The van der Waals surface area contributed by atoms with Crippen molar-refractivity contribution in [3.8, 4) is 0 Å². The van der Waals surface area contributed by atoms with Crippen LogP contribution in [0.4, 0.5) is 5.82 Å². The van der Waals surface area contributed by atoms with Crippen molar-refractivity contribution < 1.29 is 14.6 Å². The van der Waals surface area contributed by atoms with Crippen LogP contribution >= 0.6 is 0 Å². The molecule has 0 saturated heterocycles. The average molecular weight is 279 g/mol. The molecular weight excluding hydrogens is 258 g/mol. The highest BCUT2D eigenvalue weighted by Crippen LogP contribution is 2.46. The van der Waals surface area contributed by atoms with Gasteiger partial charge in [-0.3, -0.25) is 0 Å². The average Bonchev–Trinajstić information content (AvgIpc) is 2.39. The molecule has 3 N–H and O–H groups in total. The molecule has 0 radical (unpaired) electrons. The zero-order valence-corrected chi connectivity index (χ0v) is 12.1. The van der Waals surface area contributed by atoms with E-state index in [0.717, 1.165) is 25.7 Å². The van der Waals surface area contributed by atoms with Gasteiger partial charge in [0.1, 0.15) is 17.0 Å². The number of carboxylic acids is 1. The van der Waals surface area contributed by atoms with Crippen LogP contribution in [0.25, 0.3) is 0 Å². The summed E-state index contributed by atoms with van der Waals surface area (Å²) in [5, 5.41) is 8.97. The largest absolute Gasteiger partial charge is 0.477 e. The summed E-state index contributed by atoms with van der Waals surface area (Å²) >= 11 is 0. The Bertz CT molecular complexity index is 518. The first kappa shape index (κ1) is 14.7. The normalized spacial score (nSPS) is 20.6. The number of ether oxygens (including phenoxy) is 1. The SMILES string of the molecule is COC1(c2ncc(C(=O)O)c(N)n2)CCC(C)(C)CC1. The van der Waals surface area contributed by atoms with E-state index in [0.29, 0.717) is 5.82 Å². The molecule has 0 spiro atoms. The van der Waals surface area contributed by atoms with Gasteiger partial charge in [0.05, 0.1) is 0 Å². The summed E-state index contributed by atoms with van der Waals surface area (Å²) in [5.74, 6) is -0.646. The molecule has 0 atom stereocenters. The highest BCUT2D eigenvalue weighted by molar-refractivity contribution is 5.92. The molecular formula is C14H21N3O3. The second-order valence-electron chi connectivity index (χ2n) is 6.16. The van der Waals surface area contributed by atoms with Crippen molar-refractivity contribution >= 4 is 11.8 Å². The van der Waals surface area contributed by atoms with Crippen LogP contribution in [-0.4, -0.2) is 28.2 Å². The lowest BCUT2D eigenvalue weighted by atomic mass is 9.70. The van der Waals surface area contributed by atoms with E-state index in [1.165, 1.54) is 6.20 Å². The molecule has 0 amide bonds. The van der Waals surface area contributed by atoms with E-state index >= 15 is 0 Å². The number of carboxylic acid groups (broad SMARTS) is 1. The van der Waals surface area contributed by atoms with Gasteiger partial charge < -0.3 is 15.6 Å². The smallest absolute Gasteiger partial charge is 0.341 e. The number of aromatic carboxylic acids is 1. The van der Waals surface area contributed by atoms with E-state index in [1.807, 2.05) is 0 Å². The maximum absolute atomic E-state index is 11.0. The number of aromatic nitrogens is 2. The van der Waals surface area contributed by atoms with Gasteiger partial charge in [-0.25, -0.2) is 14.8 Å². The van der Waals surface area contributed by atoms with E-state index in [9.17, 15) is 4.79 Å². The van der Waals surface area contributed by atoms with Crippen LogP contribution in [0.15, 0.2) is 6.20 Å². The van der Waals surface area contributed by atoms with Crippen molar-refractivity contribution in [3.05, 3.63) is 17.6 Å². The standard InChI is InChI=1S/C14H21N3O3/c1-13(2)4-6-14(20-3,7-5-13)12-16-8-9(11(18)19)10(15)17-12/h8H,4-7H2,1-3H3,(H,18,19)(H2,15,16,17). The highest BCUT2D eigenvalue weighted by Gasteiger charge is 2.42. The third kappa shape index (κ3) is 2.60. The topological polar surface area (TPSA) is 98.3 Å². The molecule has 1 aromatic rings. The van der Waals surface area contributed by atoms with Crippen LogP contribution in [0.3, 0.4) is 0 Å². The second kappa shape index (κ2) is 5.01. The minimum Gasteiger partial charge on any atom is -0.477 e. The number of hydrogen-bond acceptors (Lipinski definition) is 5. The fourth-order valence-corrected chi connectivity index (χ4v) is 2.63.